The van der Waals surface area contributed by atoms with Gasteiger partial charge in [-0.05, 0) is 26.0 Å². The van der Waals surface area contributed by atoms with E-state index in [0.717, 1.165) is 35.0 Å². The van der Waals surface area contributed by atoms with E-state index < -0.39 is 0 Å². The Kier molecular flexibility index (Phi) is 4.74. The van der Waals surface area contributed by atoms with Gasteiger partial charge in [0.1, 0.15) is 5.01 Å². The van der Waals surface area contributed by atoms with Crippen LogP contribution in [0.2, 0.25) is 0 Å². The summed E-state index contributed by atoms with van der Waals surface area (Å²) in [6.07, 6.45) is 0.370. The lowest BCUT2D eigenvalue weighted by molar-refractivity contribution is -0.130. The van der Waals surface area contributed by atoms with Crippen LogP contribution in [0.1, 0.15) is 18.9 Å². The first kappa shape index (κ1) is 14.5. The molecular weight excluding hydrogens is 270 g/mol. The smallest absolute Gasteiger partial charge is 0.229 e. The highest BCUT2D eigenvalue weighted by Crippen LogP contribution is 2.23. The van der Waals surface area contributed by atoms with Crippen molar-refractivity contribution < 1.29 is 4.79 Å². The lowest BCUT2D eigenvalue weighted by Crippen LogP contribution is -2.31. The quantitative estimate of drug-likeness (QED) is 0.861. The number of rotatable bonds is 5. The Hall–Kier alpha value is -1.88. The molecule has 0 aliphatic carbocycles. The summed E-state index contributed by atoms with van der Waals surface area (Å²) in [7, 11) is 0. The molecule has 2 N–H and O–H groups in total. The summed E-state index contributed by atoms with van der Waals surface area (Å²) < 4.78 is 0. The molecule has 1 aromatic heterocycles. The molecule has 0 saturated carbocycles. The molecular formula is C15H19N3OS. The first-order valence-electron chi connectivity index (χ1n) is 6.72. The van der Waals surface area contributed by atoms with Gasteiger partial charge in [-0.2, -0.15) is 0 Å². The van der Waals surface area contributed by atoms with Gasteiger partial charge in [-0.25, -0.2) is 4.98 Å². The van der Waals surface area contributed by atoms with Crippen molar-refractivity contribution in [3.63, 3.8) is 0 Å². The highest BCUT2D eigenvalue weighted by Gasteiger charge is 2.13. The number of hydrogen-bond donors (Lipinski definition) is 1. The molecule has 0 aliphatic heterocycles. The molecule has 106 valence electrons. The van der Waals surface area contributed by atoms with Crippen LogP contribution in [0.3, 0.4) is 0 Å². The largest absolute Gasteiger partial charge is 0.399 e. The number of anilines is 1. The molecule has 1 amide bonds. The van der Waals surface area contributed by atoms with Crippen LogP contribution in [-0.2, 0) is 11.2 Å². The van der Waals surface area contributed by atoms with Crippen LogP contribution >= 0.6 is 11.3 Å². The second-order valence-electron chi connectivity index (χ2n) is 4.49. The molecule has 0 aliphatic rings. The van der Waals surface area contributed by atoms with Crippen molar-refractivity contribution in [1.82, 2.24) is 9.88 Å². The highest BCUT2D eigenvalue weighted by molar-refractivity contribution is 7.10. The van der Waals surface area contributed by atoms with Crippen molar-refractivity contribution in [1.29, 1.82) is 0 Å². The van der Waals surface area contributed by atoms with E-state index in [1.165, 1.54) is 11.3 Å². The Morgan fingerprint density at radius 1 is 1.35 bits per heavy atom. The maximum atomic E-state index is 12.0. The van der Waals surface area contributed by atoms with Gasteiger partial charge in [-0.3, -0.25) is 4.79 Å². The van der Waals surface area contributed by atoms with Crippen LogP contribution in [0.25, 0.3) is 11.3 Å². The van der Waals surface area contributed by atoms with Crippen LogP contribution in [0.5, 0.6) is 0 Å². The molecule has 5 heteroatoms. The molecule has 1 aromatic carbocycles. The number of amides is 1. The van der Waals surface area contributed by atoms with E-state index in [4.69, 9.17) is 5.73 Å². The Morgan fingerprint density at radius 2 is 2.10 bits per heavy atom. The minimum atomic E-state index is 0.128. The first-order chi connectivity index (χ1) is 9.63. The van der Waals surface area contributed by atoms with Gasteiger partial charge < -0.3 is 10.6 Å². The number of thiazole rings is 1. The Labute approximate surface area is 123 Å². The predicted octanol–water partition coefficient (Wildman–Crippen LogP) is 2.80. The van der Waals surface area contributed by atoms with Gasteiger partial charge in [0.15, 0.2) is 0 Å². The van der Waals surface area contributed by atoms with Crippen LogP contribution < -0.4 is 5.73 Å². The van der Waals surface area contributed by atoms with Crippen LogP contribution in [0, 0.1) is 0 Å². The standard InChI is InChI=1S/C15H19N3OS/c1-3-18(4-2)15(19)9-14-17-13(10-20-14)11-6-5-7-12(16)8-11/h5-8,10H,3-4,9,16H2,1-2H3. The second kappa shape index (κ2) is 6.52. The molecule has 0 atom stereocenters. The number of benzene rings is 1. The van der Waals surface area contributed by atoms with Gasteiger partial charge in [-0.15, -0.1) is 11.3 Å². The average molecular weight is 289 g/mol. The molecule has 20 heavy (non-hydrogen) atoms. The number of nitrogens with zero attached hydrogens (tertiary/aromatic N) is 2. The zero-order valence-electron chi connectivity index (χ0n) is 11.8. The second-order valence-corrected chi connectivity index (χ2v) is 5.44. The third-order valence-electron chi connectivity index (χ3n) is 3.15. The zero-order chi connectivity index (χ0) is 14.5. The van der Waals surface area contributed by atoms with Crippen molar-refractivity contribution in [2.24, 2.45) is 0 Å². The highest BCUT2D eigenvalue weighted by atomic mass is 32.1. The van der Waals surface area contributed by atoms with Gasteiger partial charge in [0.2, 0.25) is 5.91 Å². The Bertz CT molecular complexity index is 590. The molecule has 1 heterocycles. The summed E-state index contributed by atoms with van der Waals surface area (Å²) in [5.41, 5.74) is 8.36. The maximum Gasteiger partial charge on any atom is 0.229 e. The number of nitrogens with two attached hydrogens (primary N) is 1. The number of carbonyl (C=O) groups excluding carboxylic acids is 1. The number of likely N-dealkylation sites (N-methyl/N-ethyl adjacent to an activating group) is 1. The van der Waals surface area contributed by atoms with E-state index >= 15 is 0 Å². The third-order valence-corrected chi connectivity index (χ3v) is 4.00. The van der Waals surface area contributed by atoms with Crippen molar-refractivity contribution >= 4 is 22.9 Å². The van der Waals surface area contributed by atoms with E-state index in [-0.39, 0.29) is 5.91 Å². The third kappa shape index (κ3) is 3.36. The minimum Gasteiger partial charge on any atom is -0.399 e. The number of carbonyl (C=O) groups is 1. The molecule has 0 fully saturated rings. The maximum absolute atomic E-state index is 12.0. The average Bonchev–Trinajstić information content (AvgIpc) is 2.88. The SMILES string of the molecule is CCN(CC)C(=O)Cc1nc(-c2cccc(N)c2)cs1. The van der Waals surface area contributed by atoms with Gasteiger partial charge in [0.05, 0.1) is 12.1 Å². The molecule has 4 nitrogen and oxygen atoms in total. The fourth-order valence-electron chi connectivity index (χ4n) is 2.04. The normalized spacial score (nSPS) is 10.5. The Balaban J connectivity index is 2.11. The summed E-state index contributed by atoms with van der Waals surface area (Å²) in [5.74, 6) is 0.128. The van der Waals surface area contributed by atoms with Crippen molar-refractivity contribution in [2.75, 3.05) is 18.8 Å². The summed E-state index contributed by atoms with van der Waals surface area (Å²) >= 11 is 1.52. The minimum absolute atomic E-state index is 0.128. The number of hydrogen-bond acceptors (Lipinski definition) is 4. The molecule has 2 aromatic rings. The number of nitrogen functional groups attached to an aromatic ring is 1. The Morgan fingerprint density at radius 3 is 2.75 bits per heavy atom. The molecule has 0 unspecified atom stereocenters. The fraction of sp³-hybridized carbons (Fsp3) is 0.333. The summed E-state index contributed by atoms with van der Waals surface area (Å²) in [6.45, 7) is 5.45. The first-order valence-corrected chi connectivity index (χ1v) is 7.60. The lowest BCUT2D eigenvalue weighted by atomic mass is 10.1. The van der Waals surface area contributed by atoms with E-state index in [2.05, 4.69) is 4.98 Å². The molecule has 0 saturated heterocycles. The van der Waals surface area contributed by atoms with E-state index in [9.17, 15) is 4.79 Å². The van der Waals surface area contributed by atoms with Gasteiger partial charge in [0.25, 0.3) is 0 Å². The van der Waals surface area contributed by atoms with Crippen molar-refractivity contribution in [2.45, 2.75) is 20.3 Å². The fourth-order valence-corrected chi connectivity index (χ4v) is 2.83. The summed E-state index contributed by atoms with van der Waals surface area (Å²) in [6, 6.07) is 7.62. The summed E-state index contributed by atoms with van der Waals surface area (Å²) in [4.78, 5) is 18.4. The predicted molar refractivity (Wildman–Crippen MR) is 83.6 cm³/mol. The van der Waals surface area contributed by atoms with E-state index in [0.29, 0.717) is 6.42 Å². The molecule has 2 rings (SSSR count). The van der Waals surface area contributed by atoms with Crippen LogP contribution in [0.4, 0.5) is 5.69 Å². The van der Waals surface area contributed by atoms with Crippen LogP contribution in [-0.4, -0.2) is 28.9 Å². The topological polar surface area (TPSA) is 59.2 Å². The molecule has 0 radical (unpaired) electrons. The lowest BCUT2D eigenvalue weighted by Gasteiger charge is -2.17. The zero-order valence-corrected chi connectivity index (χ0v) is 12.6. The van der Waals surface area contributed by atoms with Gasteiger partial charge in [-0.1, -0.05) is 12.1 Å². The van der Waals surface area contributed by atoms with Crippen molar-refractivity contribution in [3.05, 3.63) is 34.7 Å². The van der Waals surface area contributed by atoms with Crippen LogP contribution in [0.15, 0.2) is 29.6 Å². The molecule has 0 spiro atoms. The molecule has 0 bridgehead atoms. The van der Waals surface area contributed by atoms with E-state index in [1.807, 2.05) is 48.4 Å². The van der Waals surface area contributed by atoms with Crippen molar-refractivity contribution in [3.8, 4) is 11.3 Å². The number of aromatic nitrogens is 1. The van der Waals surface area contributed by atoms with E-state index in [1.54, 1.807) is 0 Å². The summed E-state index contributed by atoms with van der Waals surface area (Å²) in [5, 5.41) is 2.82. The monoisotopic (exact) mass is 289 g/mol. The van der Waals surface area contributed by atoms with Gasteiger partial charge >= 0.3 is 0 Å². The van der Waals surface area contributed by atoms with Gasteiger partial charge in [0, 0.05) is 29.7 Å².